The Morgan fingerprint density at radius 2 is 2.22 bits per heavy atom. The van der Waals surface area contributed by atoms with Gasteiger partial charge in [-0.2, -0.15) is 5.10 Å². The molecule has 0 unspecified atom stereocenters. The van der Waals surface area contributed by atoms with Crippen molar-refractivity contribution in [3.05, 3.63) is 45.6 Å². The lowest BCUT2D eigenvalue weighted by molar-refractivity contribution is -0.139. The van der Waals surface area contributed by atoms with Crippen LogP contribution in [0.5, 0.6) is 0 Å². The predicted octanol–water partition coefficient (Wildman–Crippen LogP) is 3.07. The van der Waals surface area contributed by atoms with Gasteiger partial charge in [-0.05, 0) is 13.0 Å². The monoisotopic (exact) mass is 346 g/mol. The molecule has 0 N–H and O–H groups in total. The molecule has 6 nitrogen and oxygen atoms in total. The van der Waals surface area contributed by atoms with Gasteiger partial charge in [-0.3, -0.25) is 4.68 Å². The van der Waals surface area contributed by atoms with Crippen LogP contribution in [-0.2, 0) is 23.2 Å². The summed E-state index contributed by atoms with van der Waals surface area (Å²) in [7, 11) is 1.86. The number of esters is 1. The van der Waals surface area contributed by atoms with Gasteiger partial charge in [0.05, 0.1) is 22.6 Å². The maximum Gasteiger partial charge on any atom is 0.331 e. The number of ether oxygens (including phenoxy) is 1. The normalized spacial score (nSPS) is 11.2. The van der Waals surface area contributed by atoms with Gasteiger partial charge in [0.15, 0.2) is 0 Å². The number of aromatic nitrogens is 4. The molecule has 0 fully saturated rings. The zero-order chi connectivity index (χ0) is 16.2. The Labute approximate surface area is 141 Å². The first-order valence-electron chi connectivity index (χ1n) is 6.80. The number of hydrogen-bond donors (Lipinski definition) is 0. The van der Waals surface area contributed by atoms with Crippen molar-refractivity contribution >= 4 is 34.7 Å². The maximum absolute atomic E-state index is 11.7. The summed E-state index contributed by atoms with van der Waals surface area (Å²) in [6, 6.07) is 0. The second-order valence-corrected chi connectivity index (χ2v) is 6.70. The summed E-state index contributed by atoms with van der Waals surface area (Å²) in [5.74, 6) is -0.411. The van der Waals surface area contributed by atoms with Crippen molar-refractivity contribution in [2.75, 3.05) is 0 Å². The molecule has 3 heterocycles. The number of nitrogens with zero attached hydrogens (tertiary/aromatic N) is 4. The highest BCUT2D eigenvalue weighted by atomic mass is 32.1. The smallest absolute Gasteiger partial charge is 0.331 e. The summed E-state index contributed by atoms with van der Waals surface area (Å²) in [6.07, 6.45) is 6.68. The summed E-state index contributed by atoms with van der Waals surface area (Å²) in [6.45, 7) is 2.07. The Bertz CT molecular complexity index is 847. The number of carbonyl (C=O) groups excluding carboxylic acids is 1. The van der Waals surface area contributed by atoms with E-state index in [2.05, 4.69) is 15.1 Å². The number of rotatable bonds is 5. The van der Waals surface area contributed by atoms with E-state index in [4.69, 9.17) is 4.74 Å². The van der Waals surface area contributed by atoms with Gasteiger partial charge in [0, 0.05) is 35.6 Å². The Morgan fingerprint density at radius 1 is 1.35 bits per heavy atom. The topological polar surface area (TPSA) is 69.9 Å². The molecule has 118 valence electrons. The van der Waals surface area contributed by atoms with Crippen LogP contribution in [0.3, 0.4) is 0 Å². The average Bonchev–Trinajstić information content (AvgIpc) is 3.24. The van der Waals surface area contributed by atoms with Gasteiger partial charge in [-0.25, -0.2) is 14.8 Å². The first-order valence-corrected chi connectivity index (χ1v) is 8.56. The lowest BCUT2D eigenvalue weighted by Crippen LogP contribution is -2.00. The van der Waals surface area contributed by atoms with Crippen LogP contribution in [0.1, 0.15) is 16.4 Å². The molecule has 23 heavy (non-hydrogen) atoms. The summed E-state index contributed by atoms with van der Waals surface area (Å²) < 4.78 is 6.91. The van der Waals surface area contributed by atoms with Crippen molar-refractivity contribution in [2.24, 2.45) is 7.05 Å². The molecule has 8 heteroatoms. The molecule has 0 aliphatic heterocycles. The lowest BCUT2D eigenvalue weighted by Gasteiger charge is -1.97. The maximum atomic E-state index is 11.7. The summed E-state index contributed by atoms with van der Waals surface area (Å²) in [4.78, 5) is 20.4. The van der Waals surface area contributed by atoms with Crippen molar-refractivity contribution in [3.8, 4) is 10.6 Å². The number of carbonyl (C=O) groups is 1. The lowest BCUT2D eigenvalue weighted by atomic mass is 10.4. The molecule has 0 aromatic carbocycles. The van der Waals surface area contributed by atoms with Gasteiger partial charge in [0.25, 0.3) is 0 Å². The van der Waals surface area contributed by atoms with Crippen LogP contribution in [0, 0.1) is 6.92 Å². The zero-order valence-corrected chi connectivity index (χ0v) is 14.2. The van der Waals surface area contributed by atoms with Gasteiger partial charge in [-0.1, -0.05) is 0 Å². The zero-order valence-electron chi connectivity index (χ0n) is 12.6. The molecule has 0 spiro atoms. The molecule has 3 aromatic heterocycles. The van der Waals surface area contributed by atoms with Crippen molar-refractivity contribution in [1.29, 1.82) is 0 Å². The molecule has 0 atom stereocenters. The quantitative estimate of drug-likeness (QED) is 0.524. The summed E-state index contributed by atoms with van der Waals surface area (Å²) in [5.41, 5.74) is 2.44. The van der Waals surface area contributed by atoms with E-state index >= 15 is 0 Å². The highest BCUT2D eigenvalue weighted by Gasteiger charge is 2.08. The van der Waals surface area contributed by atoms with Crippen LogP contribution in [0.2, 0.25) is 0 Å². The first-order chi connectivity index (χ1) is 11.1. The largest absolute Gasteiger partial charge is 0.456 e. The van der Waals surface area contributed by atoms with Gasteiger partial charge >= 0.3 is 5.97 Å². The van der Waals surface area contributed by atoms with Crippen LogP contribution in [0.25, 0.3) is 16.6 Å². The fraction of sp³-hybridized carbons (Fsp3) is 0.200. The van der Waals surface area contributed by atoms with Crippen LogP contribution in [-0.4, -0.2) is 25.7 Å². The van der Waals surface area contributed by atoms with Crippen molar-refractivity contribution in [3.63, 3.8) is 0 Å². The number of aryl methyl sites for hydroxylation is 2. The minimum Gasteiger partial charge on any atom is -0.456 e. The van der Waals surface area contributed by atoms with E-state index < -0.39 is 5.97 Å². The standard InChI is InChI=1S/C15H14N4O2S2/c1-10-17-12(8-22-10)3-4-14(20)21-7-13-9-23-15(18-13)11-5-16-19(2)6-11/h3-6,8-9H,7H2,1-2H3/b4-3+. The third-order valence-electron chi connectivity index (χ3n) is 2.89. The van der Waals surface area contributed by atoms with E-state index in [0.717, 1.165) is 27.0 Å². The Balaban J connectivity index is 1.55. The highest BCUT2D eigenvalue weighted by Crippen LogP contribution is 2.23. The molecule has 0 aliphatic carbocycles. The van der Waals surface area contributed by atoms with Crippen LogP contribution < -0.4 is 0 Å². The van der Waals surface area contributed by atoms with Gasteiger partial charge < -0.3 is 4.74 Å². The first kappa shape index (κ1) is 15.6. The van der Waals surface area contributed by atoms with Crippen molar-refractivity contribution in [1.82, 2.24) is 19.7 Å². The van der Waals surface area contributed by atoms with E-state index in [-0.39, 0.29) is 6.61 Å². The fourth-order valence-electron chi connectivity index (χ4n) is 1.84. The van der Waals surface area contributed by atoms with E-state index in [1.165, 1.54) is 28.7 Å². The predicted molar refractivity (Wildman–Crippen MR) is 90.0 cm³/mol. The Morgan fingerprint density at radius 3 is 2.91 bits per heavy atom. The van der Waals surface area contributed by atoms with E-state index in [0.29, 0.717) is 0 Å². The molecule has 0 bridgehead atoms. The van der Waals surface area contributed by atoms with Gasteiger partial charge in [-0.15, -0.1) is 22.7 Å². The molecule has 0 aliphatic rings. The Kier molecular flexibility index (Phi) is 4.63. The third kappa shape index (κ3) is 4.11. The van der Waals surface area contributed by atoms with E-state index in [1.54, 1.807) is 17.0 Å². The summed E-state index contributed by atoms with van der Waals surface area (Å²) in [5, 5.41) is 9.70. The average molecular weight is 346 g/mol. The van der Waals surface area contributed by atoms with Gasteiger partial charge in [0.2, 0.25) is 0 Å². The third-order valence-corrected chi connectivity index (χ3v) is 4.62. The minimum absolute atomic E-state index is 0.149. The molecular weight excluding hydrogens is 332 g/mol. The highest BCUT2D eigenvalue weighted by molar-refractivity contribution is 7.13. The molecule has 0 saturated carbocycles. The Hall–Kier alpha value is -2.32. The fourth-order valence-corrected chi connectivity index (χ4v) is 3.20. The molecule has 3 rings (SSSR count). The number of hydrogen-bond acceptors (Lipinski definition) is 7. The van der Waals surface area contributed by atoms with E-state index in [1.807, 2.05) is 30.9 Å². The number of thiazole rings is 2. The van der Waals surface area contributed by atoms with E-state index in [9.17, 15) is 4.79 Å². The van der Waals surface area contributed by atoms with Crippen LogP contribution in [0.4, 0.5) is 0 Å². The van der Waals surface area contributed by atoms with Crippen molar-refractivity contribution in [2.45, 2.75) is 13.5 Å². The molecule has 0 saturated heterocycles. The van der Waals surface area contributed by atoms with Gasteiger partial charge in [0.1, 0.15) is 11.6 Å². The molecule has 0 amide bonds. The molecule has 3 aromatic rings. The second-order valence-electron chi connectivity index (χ2n) is 4.78. The SMILES string of the molecule is Cc1nc(/C=C/C(=O)OCc2csc(-c3cnn(C)c3)n2)cs1. The minimum atomic E-state index is -0.411. The summed E-state index contributed by atoms with van der Waals surface area (Å²) >= 11 is 3.04. The molecule has 0 radical (unpaired) electrons. The second kappa shape index (κ2) is 6.84. The van der Waals surface area contributed by atoms with Crippen molar-refractivity contribution < 1.29 is 9.53 Å². The molecular formula is C15H14N4O2S2. The van der Waals surface area contributed by atoms with Crippen LogP contribution in [0.15, 0.2) is 29.2 Å². The van der Waals surface area contributed by atoms with Crippen LogP contribution >= 0.6 is 22.7 Å².